The Morgan fingerprint density at radius 3 is 3.05 bits per heavy atom. The predicted molar refractivity (Wildman–Crippen MR) is 72.5 cm³/mol. The minimum atomic E-state index is -0.247. The fourth-order valence-electron chi connectivity index (χ4n) is 1.82. The fraction of sp³-hybridized carbons (Fsp3) is 0.214. The number of fused-ring (bicyclic) bond motifs is 1. The van der Waals surface area contributed by atoms with Gasteiger partial charge >= 0.3 is 0 Å². The normalized spacial score (nSPS) is 12.8. The van der Waals surface area contributed by atoms with Crippen molar-refractivity contribution in [1.82, 2.24) is 15.5 Å². The van der Waals surface area contributed by atoms with Crippen molar-refractivity contribution in [3.8, 4) is 11.5 Å². The van der Waals surface area contributed by atoms with E-state index in [1.807, 2.05) is 12.1 Å². The first-order valence-electron chi connectivity index (χ1n) is 6.35. The van der Waals surface area contributed by atoms with Gasteiger partial charge in [0.15, 0.2) is 17.3 Å². The summed E-state index contributed by atoms with van der Waals surface area (Å²) >= 11 is 0. The number of carbonyl (C=O) groups is 1. The summed E-state index contributed by atoms with van der Waals surface area (Å²) in [4.78, 5) is 15.7. The van der Waals surface area contributed by atoms with Gasteiger partial charge in [0.25, 0.3) is 0 Å². The molecule has 1 aliphatic heterocycles. The standard InChI is InChI=1S/C14H13N3O4/c1-9-16-14(21-17-9)7-15-13(18)5-3-10-2-4-11-12(6-10)20-8-19-11/h2-6H,7-8H2,1H3,(H,15,18)/b5-3+. The van der Waals surface area contributed by atoms with Crippen molar-refractivity contribution in [3.05, 3.63) is 41.6 Å². The number of rotatable bonds is 4. The van der Waals surface area contributed by atoms with Crippen LogP contribution in [-0.4, -0.2) is 22.8 Å². The lowest BCUT2D eigenvalue weighted by Crippen LogP contribution is -2.20. The summed E-state index contributed by atoms with van der Waals surface area (Å²) in [5.74, 6) is 2.05. The van der Waals surface area contributed by atoms with Crippen molar-refractivity contribution in [2.45, 2.75) is 13.5 Å². The molecule has 0 radical (unpaired) electrons. The van der Waals surface area contributed by atoms with E-state index in [2.05, 4.69) is 15.5 Å². The van der Waals surface area contributed by atoms with Crippen molar-refractivity contribution in [1.29, 1.82) is 0 Å². The number of amides is 1. The Kier molecular flexibility index (Phi) is 3.55. The summed E-state index contributed by atoms with van der Waals surface area (Å²) in [6, 6.07) is 5.47. The number of carbonyl (C=O) groups excluding carboxylic acids is 1. The number of benzene rings is 1. The molecule has 0 spiro atoms. The van der Waals surface area contributed by atoms with Gasteiger partial charge in [0, 0.05) is 6.08 Å². The van der Waals surface area contributed by atoms with E-state index in [9.17, 15) is 4.79 Å². The molecule has 1 aromatic heterocycles. The van der Waals surface area contributed by atoms with Gasteiger partial charge < -0.3 is 19.3 Å². The fourth-order valence-corrected chi connectivity index (χ4v) is 1.82. The maximum atomic E-state index is 11.7. The van der Waals surface area contributed by atoms with Crippen LogP contribution in [-0.2, 0) is 11.3 Å². The van der Waals surface area contributed by atoms with Gasteiger partial charge in [-0.1, -0.05) is 11.2 Å². The molecule has 21 heavy (non-hydrogen) atoms. The van der Waals surface area contributed by atoms with Crippen LogP contribution in [0.2, 0.25) is 0 Å². The number of hydrogen-bond acceptors (Lipinski definition) is 6. The number of aromatic nitrogens is 2. The van der Waals surface area contributed by atoms with E-state index in [-0.39, 0.29) is 19.2 Å². The van der Waals surface area contributed by atoms with Gasteiger partial charge in [-0.3, -0.25) is 4.79 Å². The van der Waals surface area contributed by atoms with Crippen molar-refractivity contribution >= 4 is 12.0 Å². The molecular formula is C14H13N3O4. The predicted octanol–water partition coefficient (Wildman–Crippen LogP) is 1.44. The van der Waals surface area contributed by atoms with Crippen LogP contribution >= 0.6 is 0 Å². The van der Waals surface area contributed by atoms with Crippen molar-refractivity contribution in [2.24, 2.45) is 0 Å². The molecular weight excluding hydrogens is 274 g/mol. The van der Waals surface area contributed by atoms with Crippen LogP contribution in [0.1, 0.15) is 17.3 Å². The SMILES string of the molecule is Cc1noc(CNC(=O)/C=C/c2ccc3c(c2)OCO3)n1. The zero-order chi connectivity index (χ0) is 14.7. The summed E-state index contributed by atoms with van der Waals surface area (Å²) in [5.41, 5.74) is 0.850. The highest BCUT2D eigenvalue weighted by molar-refractivity contribution is 5.91. The molecule has 0 unspecified atom stereocenters. The Balaban J connectivity index is 1.56. The molecule has 0 saturated carbocycles. The zero-order valence-electron chi connectivity index (χ0n) is 11.3. The Bertz CT molecular complexity index is 693. The van der Waals surface area contributed by atoms with Crippen LogP contribution in [0.25, 0.3) is 6.08 Å². The molecule has 0 aliphatic carbocycles. The molecule has 0 bridgehead atoms. The molecule has 0 fully saturated rings. The van der Waals surface area contributed by atoms with Gasteiger partial charge in [0.05, 0.1) is 6.54 Å². The minimum Gasteiger partial charge on any atom is -0.454 e. The lowest BCUT2D eigenvalue weighted by atomic mass is 10.2. The third kappa shape index (κ3) is 3.19. The Morgan fingerprint density at radius 2 is 2.24 bits per heavy atom. The van der Waals surface area contributed by atoms with Crippen LogP contribution in [0, 0.1) is 6.92 Å². The third-order valence-electron chi connectivity index (χ3n) is 2.81. The highest BCUT2D eigenvalue weighted by atomic mass is 16.7. The summed E-state index contributed by atoms with van der Waals surface area (Å²) in [7, 11) is 0. The highest BCUT2D eigenvalue weighted by Crippen LogP contribution is 2.32. The number of hydrogen-bond donors (Lipinski definition) is 1. The first kappa shape index (κ1) is 13.2. The molecule has 7 nitrogen and oxygen atoms in total. The van der Waals surface area contributed by atoms with E-state index in [1.165, 1.54) is 6.08 Å². The molecule has 1 N–H and O–H groups in total. The summed E-state index contributed by atoms with van der Waals surface area (Å²) < 4.78 is 15.4. The minimum absolute atomic E-state index is 0.200. The summed E-state index contributed by atoms with van der Waals surface area (Å²) in [6.07, 6.45) is 3.12. The van der Waals surface area contributed by atoms with E-state index in [0.29, 0.717) is 23.2 Å². The van der Waals surface area contributed by atoms with Crippen molar-refractivity contribution in [2.75, 3.05) is 6.79 Å². The molecule has 2 heterocycles. The number of aryl methyl sites for hydroxylation is 1. The zero-order valence-corrected chi connectivity index (χ0v) is 11.3. The van der Waals surface area contributed by atoms with E-state index in [1.54, 1.807) is 19.1 Å². The molecule has 7 heteroatoms. The first-order valence-corrected chi connectivity index (χ1v) is 6.35. The molecule has 0 saturated heterocycles. The van der Waals surface area contributed by atoms with Gasteiger partial charge in [-0.15, -0.1) is 0 Å². The van der Waals surface area contributed by atoms with Gasteiger partial charge in [-0.05, 0) is 30.7 Å². The molecule has 1 aromatic carbocycles. The number of ether oxygens (including phenoxy) is 2. The second kappa shape index (κ2) is 5.66. The number of nitrogens with one attached hydrogen (secondary N) is 1. The van der Waals surface area contributed by atoms with Crippen LogP contribution in [0.15, 0.2) is 28.8 Å². The Morgan fingerprint density at radius 1 is 1.38 bits per heavy atom. The quantitative estimate of drug-likeness (QED) is 0.856. The van der Waals surface area contributed by atoms with Gasteiger partial charge in [-0.25, -0.2) is 0 Å². The van der Waals surface area contributed by atoms with Crippen molar-refractivity contribution < 1.29 is 18.8 Å². The Labute approximate surface area is 120 Å². The second-order valence-corrected chi connectivity index (χ2v) is 4.40. The van der Waals surface area contributed by atoms with Crippen LogP contribution in [0.4, 0.5) is 0 Å². The average molecular weight is 287 g/mol. The van der Waals surface area contributed by atoms with Crippen LogP contribution in [0.5, 0.6) is 11.5 Å². The van der Waals surface area contributed by atoms with Gasteiger partial charge in [0.1, 0.15) is 0 Å². The second-order valence-electron chi connectivity index (χ2n) is 4.40. The average Bonchev–Trinajstić information content (AvgIpc) is 3.10. The molecule has 1 amide bonds. The maximum absolute atomic E-state index is 11.7. The molecule has 2 aromatic rings. The third-order valence-corrected chi connectivity index (χ3v) is 2.81. The molecule has 108 valence electrons. The van der Waals surface area contributed by atoms with Crippen molar-refractivity contribution in [3.63, 3.8) is 0 Å². The summed E-state index contributed by atoms with van der Waals surface area (Å²) in [5, 5.41) is 6.30. The van der Waals surface area contributed by atoms with E-state index >= 15 is 0 Å². The largest absolute Gasteiger partial charge is 0.454 e. The van der Waals surface area contributed by atoms with E-state index in [4.69, 9.17) is 14.0 Å². The first-order chi connectivity index (χ1) is 10.2. The molecule has 1 aliphatic rings. The van der Waals surface area contributed by atoms with Crippen LogP contribution < -0.4 is 14.8 Å². The lowest BCUT2D eigenvalue weighted by molar-refractivity contribution is -0.116. The highest BCUT2D eigenvalue weighted by Gasteiger charge is 2.12. The topological polar surface area (TPSA) is 86.5 Å². The Hall–Kier alpha value is -2.83. The van der Waals surface area contributed by atoms with Crippen LogP contribution in [0.3, 0.4) is 0 Å². The molecule has 3 rings (SSSR count). The summed E-state index contributed by atoms with van der Waals surface area (Å²) in [6.45, 7) is 2.14. The maximum Gasteiger partial charge on any atom is 0.246 e. The molecule has 0 atom stereocenters. The van der Waals surface area contributed by atoms with Gasteiger partial charge in [0.2, 0.25) is 18.6 Å². The van der Waals surface area contributed by atoms with E-state index < -0.39 is 0 Å². The smallest absolute Gasteiger partial charge is 0.246 e. The van der Waals surface area contributed by atoms with E-state index in [0.717, 1.165) is 5.56 Å². The lowest BCUT2D eigenvalue weighted by Gasteiger charge is -1.98. The monoisotopic (exact) mass is 287 g/mol. The van der Waals surface area contributed by atoms with Gasteiger partial charge in [-0.2, -0.15) is 4.98 Å². The number of nitrogens with zero attached hydrogens (tertiary/aromatic N) is 2.